The van der Waals surface area contributed by atoms with Crippen LogP contribution in [0.4, 0.5) is 0 Å². The lowest BCUT2D eigenvalue weighted by atomic mass is 9.79. The lowest BCUT2D eigenvalue weighted by Crippen LogP contribution is -2.23. The van der Waals surface area contributed by atoms with Crippen LogP contribution in [0.25, 0.3) is 0 Å². The average Bonchev–Trinajstić information content (AvgIpc) is 2.35. The van der Waals surface area contributed by atoms with Gasteiger partial charge in [-0.05, 0) is 42.9 Å². The summed E-state index contributed by atoms with van der Waals surface area (Å²) in [6.45, 7) is 2.06. The molecule has 0 aliphatic heterocycles. The number of hydrogen-bond acceptors (Lipinski definition) is 2. The van der Waals surface area contributed by atoms with E-state index >= 15 is 0 Å². The summed E-state index contributed by atoms with van der Waals surface area (Å²) in [4.78, 5) is 11.5. The van der Waals surface area contributed by atoms with Gasteiger partial charge in [0, 0.05) is 12.3 Å². The molecule has 1 saturated carbocycles. The third kappa shape index (κ3) is 3.09. The summed E-state index contributed by atoms with van der Waals surface area (Å²) in [5.74, 6) is 2.26. The van der Waals surface area contributed by atoms with Gasteiger partial charge in [-0.1, -0.05) is 19.1 Å². The fourth-order valence-corrected chi connectivity index (χ4v) is 2.62. The molecule has 2 rings (SSSR count). The van der Waals surface area contributed by atoms with Gasteiger partial charge in [0.05, 0.1) is 7.11 Å². The summed E-state index contributed by atoms with van der Waals surface area (Å²) in [5.41, 5.74) is 1.34. The van der Waals surface area contributed by atoms with Crippen LogP contribution in [0.3, 0.4) is 0 Å². The third-order valence-electron chi connectivity index (χ3n) is 3.72. The molecule has 1 aromatic carbocycles. The zero-order chi connectivity index (χ0) is 12.3. The van der Waals surface area contributed by atoms with E-state index in [4.69, 9.17) is 4.74 Å². The van der Waals surface area contributed by atoms with E-state index < -0.39 is 0 Å². The predicted molar refractivity (Wildman–Crippen MR) is 68.2 cm³/mol. The summed E-state index contributed by atoms with van der Waals surface area (Å²) in [6, 6.07) is 8.26. The Bertz CT molecular complexity index is 380. The smallest absolute Gasteiger partial charge is 0.135 e. The van der Waals surface area contributed by atoms with Crippen molar-refractivity contribution in [3.63, 3.8) is 0 Å². The lowest BCUT2D eigenvalue weighted by Gasteiger charge is -2.25. The zero-order valence-electron chi connectivity index (χ0n) is 10.6. The number of carbonyl (C=O) groups is 1. The first-order valence-corrected chi connectivity index (χ1v) is 6.34. The molecule has 0 bridgehead atoms. The molecular formula is C15H20O2. The number of methoxy groups -OCH3 is 1. The molecular weight excluding hydrogens is 212 g/mol. The first-order valence-electron chi connectivity index (χ1n) is 6.34. The van der Waals surface area contributed by atoms with Gasteiger partial charge in [-0.25, -0.2) is 0 Å². The quantitative estimate of drug-likeness (QED) is 0.799. The molecule has 0 heterocycles. The number of ketones is 1. The molecule has 0 radical (unpaired) electrons. The Kier molecular flexibility index (Phi) is 3.82. The molecule has 1 aromatic rings. The number of ether oxygens (including phenoxy) is 1. The van der Waals surface area contributed by atoms with Crippen LogP contribution in [0.5, 0.6) is 5.75 Å². The lowest BCUT2D eigenvalue weighted by molar-refractivity contribution is -0.124. The Hall–Kier alpha value is -1.31. The van der Waals surface area contributed by atoms with Crippen LogP contribution in [0.1, 0.15) is 31.7 Å². The summed E-state index contributed by atoms with van der Waals surface area (Å²) >= 11 is 0. The predicted octanol–water partition coefficient (Wildman–Crippen LogP) is 3.24. The Morgan fingerprint density at radius 1 is 1.29 bits per heavy atom. The molecule has 1 fully saturated rings. The molecule has 0 amide bonds. The maximum Gasteiger partial charge on any atom is 0.135 e. The Balaban J connectivity index is 1.94. The van der Waals surface area contributed by atoms with Gasteiger partial charge in [0.2, 0.25) is 0 Å². The molecule has 1 aliphatic rings. The molecule has 2 nitrogen and oxygen atoms in total. The topological polar surface area (TPSA) is 26.3 Å². The highest BCUT2D eigenvalue weighted by atomic mass is 16.5. The van der Waals surface area contributed by atoms with E-state index in [9.17, 15) is 4.79 Å². The molecule has 0 aromatic heterocycles. The van der Waals surface area contributed by atoms with Gasteiger partial charge in [-0.15, -0.1) is 0 Å². The molecule has 0 saturated heterocycles. The summed E-state index contributed by atoms with van der Waals surface area (Å²) in [7, 11) is 1.68. The maximum absolute atomic E-state index is 11.5. The number of benzene rings is 1. The number of rotatable bonds is 3. The van der Waals surface area contributed by atoms with E-state index in [0.29, 0.717) is 11.7 Å². The highest BCUT2D eigenvalue weighted by molar-refractivity contribution is 5.81. The van der Waals surface area contributed by atoms with Crippen molar-refractivity contribution in [3.05, 3.63) is 29.8 Å². The average molecular weight is 232 g/mol. The molecule has 2 heteroatoms. The number of hydrogen-bond donors (Lipinski definition) is 0. The van der Waals surface area contributed by atoms with Gasteiger partial charge in [0.1, 0.15) is 11.5 Å². The van der Waals surface area contributed by atoms with Crippen LogP contribution in [0.15, 0.2) is 24.3 Å². The van der Waals surface area contributed by atoms with E-state index in [1.165, 1.54) is 5.56 Å². The highest BCUT2D eigenvalue weighted by Crippen LogP contribution is 2.29. The second kappa shape index (κ2) is 5.35. The van der Waals surface area contributed by atoms with Crippen LogP contribution in [0, 0.1) is 11.8 Å². The molecule has 92 valence electrons. The molecule has 2 atom stereocenters. The first-order chi connectivity index (χ1) is 8.19. The van der Waals surface area contributed by atoms with E-state index in [2.05, 4.69) is 19.1 Å². The van der Waals surface area contributed by atoms with Gasteiger partial charge in [-0.3, -0.25) is 4.79 Å². The molecule has 0 N–H and O–H groups in total. The third-order valence-corrected chi connectivity index (χ3v) is 3.72. The van der Waals surface area contributed by atoms with Crippen molar-refractivity contribution >= 4 is 5.78 Å². The Labute approximate surface area is 103 Å². The van der Waals surface area contributed by atoms with Crippen LogP contribution < -0.4 is 4.74 Å². The molecule has 2 unspecified atom stereocenters. The summed E-state index contributed by atoms with van der Waals surface area (Å²) in [6.07, 6.45) is 3.95. The first kappa shape index (κ1) is 12.2. The Morgan fingerprint density at radius 2 is 2.00 bits per heavy atom. The van der Waals surface area contributed by atoms with Crippen molar-refractivity contribution in [1.82, 2.24) is 0 Å². The van der Waals surface area contributed by atoms with Crippen molar-refractivity contribution < 1.29 is 9.53 Å². The van der Waals surface area contributed by atoms with Crippen molar-refractivity contribution in [2.75, 3.05) is 7.11 Å². The van der Waals surface area contributed by atoms with Crippen LogP contribution >= 0.6 is 0 Å². The van der Waals surface area contributed by atoms with Crippen molar-refractivity contribution in [2.24, 2.45) is 11.8 Å². The second-order valence-corrected chi connectivity index (χ2v) is 5.06. The largest absolute Gasteiger partial charge is 0.497 e. The summed E-state index contributed by atoms with van der Waals surface area (Å²) in [5, 5.41) is 0. The van der Waals surface area contributed by atoms with Crippen molar-refractivity contribution in [2.45, 2.75) is 32.6 Å². The SMILES string of the molecule is COc1ccc(CC2CCC(=O)C(C)C2)cc1. The number of Topliss-reactive ketones (excluding diaryl/α,β-unsaturated/α-hetero) is 1. The van der Waals surface area contributed by atoms with Crippen LogP contribution in [-0.4, -0.2) is 12.9 Å². The van der Waals surface area contributed by atoms with E-state index in [-0.39, 0.29) is 5.92 Å². The minimum atomic E-state index is 0.256. The van der Waals surface area contributed by atoms with Crippen molar-refractivity contribution in [3.8, 4) is 5.75 Å². The monoisotopic (exact) mass is 232 g/mol. The van der Waals surface area contributed by atoms with Crippen LogP contribution in [-0.2, 0) is 11.2 Å². The van der Waals surface area contributed by atoms with Crippen LogP contribution in [0.2, 0.25) is 0 Å². The van der Waals surface area contributed by atoms with Gasteiger partial charge in [-0.2, -0.15) is 0 Å². The van der Waals surface area contributed by atoms with Gasteiger partial charge < -0.3 is 4.74 Å². The molecule has 0 spiro atoms. The second-order valence-electron chi connectivity index (χ2n) is 5.06. The fourth-order valence-electron chi connectivity index (χ4n) is 2.62. The van der Waals surface area contributed by atoms with E-state index in [0.717, 1.165) is 31.4 Å². The minimum Gasteiger partial charge on any atom is -0.497 e. The molecule has 17 heavy (non-hydrogen) atoms. The van der Waals surface area contributed by atoms with E-state index in [1.807, 2.05) is 12.1 Å². The zero-order valence-corrected chi connectivity index (χ0v) is 10.6. The fraction of sp³-hybridized carbons (Fsp3) is 0.533. The van der Waals surface area contributed by atoms with Gasteiger partial charge in [0.15, 0.2) is 0 Å². The standard InChI is InChI=1S/C15H20O2/c1-11-9-13(5-8-15(11)16)10-12-3-6-14(17-2)7-4-12/h3-4,6-7,11,13H,5,8-10H2,1-2H3. The highest BCUT2D eigenvalue weighted by Gasteiger charge is 2.25. The van der Waals surface area contributed by atoms with Gasteiger partial charge in [0.25, 0.3) is 0 Å². The van der Waals surface area contributed by atoms with Crippen molar-refractivity contribution in [1.29, 1.82) is 0 Å². The van der Waals surface area contributed by atoms with Gasteiger partial charge >= 0.3 is 0 Å². The minimum absolute atomic E-state index is 0.256. The Morgan fingerprint density at radius 3 is 2.59 bits per heavy atom. The summed E-state index contributed by atoms with van der Waals surface area (Å²) < 4.78 is 5.15. The number of carbonyl (C=O) groups excluding carboxylic acids is 1. The van der Waals surface area contributed by atoms with E-state index in [1.54, 1.807) is 7.11 Å². The maximum atomic E-state index is 11.5. The molecule has 1 aliphatic carbocycles. The normalized spacial score (nSPS) is 24.7.